The quantitative estimate of drug-likeness (QED) is 0.810. The van der Waals surface area contributed by atoms with Crippen LogP contribution in [0.25, 0.3) is 0 Å². The normalized spacial score (nSPS) is 21.6. The highest BCUT2D eigenvalue weighted by atomic mass is 16.5. The van der Waals surface area contributed by atoms with E-state index < -0.39 is 0 Å². The average molecular weight is 340 g/mol. The van der Waals surface area contributed by atoms with Gasteiger partial charge in [-0.15, -0.1) is 0 Å². The lowest BCUT2D eigenvalue weighted by Crippen LogP contribution is -2.34. The predicted molar refractivity (Wildman–Crippen MR) is 97.2 cm³/mol. The number of pyridine rings is 1. The Labute approximate surface area is 150 Å². The fourth-order valence-corrected chi connectivity index (χ4v) is 4.40. The molecule has 0 aromatic carbocycles. The van der Waals surface area contributed by atoms with Crippen LogP contribution in [0, 0.1) is 5.92 Å². The molecule has 5 nitrogen and oxygen atoms in total. The zero-order valence-corrected chi connectivity index (χ0v) is 15.1. The molecule has 2 aromatic heterocycles. The van der Waals surface area contributed by atoms with Gasteiger partial charge in [-0.05, 0) is 36.5 Å². The summed E-state index contributed by atoms with van der Waals surface area (Å²) in [5.74, 6) is 1.18. The first-order chi connectivity index (χ1) is 12.3. The summed E-state index contributed by atoms with van der Waals surface area (Å²) in [5, 5.41) is 4.96. The SMILES string of the molecule is COC[C@@H]1CN(Cc2ccncc2)Cc2cn(CC3CCCC3)nc21. The van der Waals surface area contributed by atoms with E-state index in [1.165, 1.54) is 42.5 Å². The number of hydrogen-bond acceptors (Lipinski definition) is 4. The van der Waals surface area contributed by atoms with Gasteiger partial charge in [0.25, 0.3) is 0 Å². The Bertz CT molecular complexity index is 678. The van der Waals surface area contributed by atoms with Gasteiger partial charge in [0.2, 0.25) is 0 Å². The summed E-state index contributed by atoms with van der Waals surface area (Å²) in [6.45, 7) is 4.75. The van der Waals surface area contributed by atoms with Crippen molar-refractivity contribution >= 4 is 0 Å². The van der Waals surface area contributed by atoms with Crippen molar-refractivity contribution in [3.05, 3.63) is 47.5 Å². The van der Waals surface area contributed by atoms with Gasteiger partial charge in [0.15, 0.2) is 0 Å². The van der Waals surface area contributed by atoms with E-state index in [1.807, 2.05) is 12.4 Å². The van der Waals surface area contributed by atoms with Crippen LogP contribution in [0.15, 0.2) is 30.7 Å². The molecule has 1 aliphatic heterocycles. The summed E-state index contributed by atoms with van der Waals surface area (Å²) in [6.07, 6.45) is 11.5. The van der Waals surface area contributed by atoms with Gasteiger partial charge in [0.05, 0.1) is 12.3 Å². The second-order valence-corrected chi connectivity index (χ2v) is 7.59. The first-order valence-corrected chi connectivity index (χ1v) is 9.48. The summed E-state index contributed by atoms with van der Waals surface area (Å²) in [5.41, 5.74) is 3.94. The van der Waals surface area contributed by atoms with E-state index in [-0.39, 0.29) is 0 Å². The highest BCUT2D eigenvalue weighted by Gasteiger charge is 2.29. The molecular weight excluding hydrogens is 312 g/mol. The maximum atomic E-state index is 5.49. The van der Waals surface area contributed by atoms with Crippen LogP contribution in [0.1, 0.15) is 48.4 Å². The van der Waals surface area contributed by atoms with E-state index in [0.717, 1.165) is 38.7 Å². The summed E-state index contributed by atoms with van der Waals surface area (Å²) < 4.78 is 7.70. The lowest BCUT2D eigenvalue weighted by Gasteiger charge is -2.31. The van der Waals surface area contributed by atoms with Crippen LogP contribution in [0.3, 0.4) is 0 Å². The number of hydrogen-bond donors (Lipinski definition) is 0. The monoisotopic (exact) mass is 340 g/mol. The minimum Gasteiger partial charge on any atom is -0.384 e. The van der Waals surface area contributed by atoms with Crippen molar-refractivity contribution in [3.63, 3.8) is 0 Å². The van der Waals surface area contributed by atoms with Gasteiger partial charge in [0, 0.05) is 63.4 Å². The number of fused-ring (bicyclic) bond motifs is 1. The van der Waals surface area contributed by atoms with Gasteiger partial charge in [0.1, 0.15) is 0 Å². The summed E-state index contributed by atoms with van der Waals surface area (Å²) >= 11 is 0. The van der Waals surface area contributed by atoms with Gasteiger partial charge in [-0.25, -0.2) is 0 Å². The molecule has 1 fully saturated rings. The minimum absolute atomic E-state index is 0.361. The molecule has 1 atom stereocenters. The van der Waals surface area contributed by atoms with Crippen molar-refractivity contribution in [1.82, 2.24) is 19.7 Å². The van der Waals surface area contributed by atoms with E-state index in [2.05, 4.69) is 32.9 Å². The third-order valence-corrected chi connectivity index (χ3v) is 5.57. The molecule has 0 bridgehead atoms. The molecule has 0 spiro atoms. The Morgan fingerprint density at radius 2 is 2.00 bits per heavy atom. The Hall–Kier alpha value is -1.72. The predicted octanol–water partition coefficient (Wildman–Crippen LogP) is 3.21. The van der Waals surface area contributed by atoms with E-state index in [4.69, 9.17) is 9.84 Å². The van der Waals surface area contributed by atoms with E-state index >= 15 is 0 Å². The molecule has 2 aromatic rings. The molecule has 25 heavy (non-hydrogen) atoms. The van der Waals surface area contributed by atoms with Crippen molar-refractivity contribution in [2.45, 2.75) is 51.2 Å². The van der Waals surface area contributed by atoms with Gasteiger partial charge in [-0.3, -0.25) is 14.6 Å². The van der Waals surface area contributed by atoms with Crippen LogP contribution < -0.4 is 0 Å². The highest BCUT2D eigenvalue weighted by molar-refractivity contribution is 5.25. The van der Waals surface area contributed by atoms with Crippen molar-refractivity contribution < 1.29 is 4.74 Å². The van der Waals surface area contributed by atoms with Gasteiger partial charge >= 0.3 is 0 Å². The Morgan fingerprint density at radius 1 is 1.20 bits per heavy atom. The first-order valence-electron chi connectivity index (χ1n) is 9.48. The topological polar surface area (TPSA) is 43.2 Å². The van der Waals surface area contributed by atoms with Crippen molar-refractivity contribution in [1.29, 1.82) is 0 Å². The molecule has 0 saturated heterocycles. The summed E-state index contributed by atoms with van der Waals surface area (Å²) in [4.78, 5) is 6.62. The molecule has 2 aliphatic rings. The number of methoxy groups -OCH3 is 1. The number of nitrogens with zero attached hydrogens (tertiary/aromatic N) is 4. The van der Waals surface area contributed by atoms with Crippen molar-refractivity contribution in [2.75, 3.05) is 20.3 Å². The summed E-state index contributed by atoms with van der Waals surface area (Å²) in [7, 11) is 1.79. The smallest absolute Gasteiger partial charge is 0.0736 e. The number of ether oxygens (including phenoxy) is 1. The number of aromatic nitrogens is 3. The Balaban J connectivity index is 1.50. The minimum atomic E-state index is 0.361. The molecule has 3 heterocycles. The fraction of sp³-hybridized carbons (Fsp3) is 0.600. The second-order valence-electron chi connectivity index (χ2n) is 7.59. The Kier molecular flexibility index (Phi) is 5.13. The van der Waals surface area contributed by atoms with Crippen LogP contribution in [0.2, 0.25) is 0 Å². The Morgan fingerprint density at radius 3 is 2.76 bits per heavy atom. The molecule has 0 radical (unpaired) electrons. The highest BCUT2D eigenvalue weighted by Crippen LogP contribution is 2.30. The largest absolute Gasteiger partial charge is 0.384 e. The van der Waals surface area contributed by atoms with Gasteiger partial charge in [-0.1, -0.05) is 12.8 Å². The lowest BCUT2D eigenvalue weighted by atomic mass is 9.97. The second kappa shape index (κ2) is 7.67. The molecule has 0 N–H and O–H groups in total. The molecule has 0 amide bonds. The third-order valence-electron chi connectivity index (χ3n) is 5.57. The van der Waals surface area contributed by atoms with Crippen molar-refractivity contribution in [2.24, 2.45) is 5.92 Å². The maximum absolute atomic E-state index is 5.49. The molecule has 1 saturated carbocycles. The first kappa shape index (κ1) is 16.7. The molecule has 1 aliphatic carbocycles. The lowest BCUT2D eigenvalue weighted by molar-refractivity contribution is 0.134. The van der Waals surface area contributed by atoms with E-state index in [0.29, 0.717) is 5.92 Å². The zero-order valence-electron chi connectivity index (χ0n) is 15.1. The van der Waals surface area contributed by atoms with Crippen LogP contribution >= 0.6 is 0 Å². The number of rotatable bonds is 6. The van der Waals surface area contributed by atoms with E-state index in [1.54, 1.807) is 7.11 Å². The van der Waals surface area contributed by atoms with Gasteiger partial charge in [-0.2, -0.15) is 5.10 Å². The molecule has 134 valence electrons. The zero-order chi connectivity index (χ0) is 17.1. The molecule has 4 rings (SSSR count). The molecule has 0 unspecified atom stereocenters. The molecular formula is C20H28N4O. The fourth-order valence-electron chi connectivity index (χ4n) is 4.40. The van der Waals surface area contributed by atoms with E-state index in [9.17, 15) is 0 Å². The standard InChI is InChI=1S/C20H28N4O/c1-25-15-19-13-23(10-17-6-8-21-9-7-17)12-18-14-24(22-20(18)19)11-16-4-2-3-5-16/h6-9,14,16,19H,2-5,10-13,15H2,1H3/t19-/m0/s1. The average Bonchev–Trinajstić information content (AvgIpc) is 3.26. The van der Waals surface area contributed by atoms with Gasteiger partial charge < -0.3 is 4.74 Å². The maximum Gasteiger partial charge on any atom is 0.0736 e. The van der Waals surface area contributed by atoms with Crippen molar-refractivity contribution in [3.8, 4) is 0 Å². The van der Waals surface area contributed by atoms with Crippen LogP contribution in [-0.2, 0) is 24.4 Å². The van der Waals surface area contributed by atoms with Crippen LogP contribution in [0.5, 0.6) is 0 Å². The third kappa shape index (κ3) is 3.93. The molecule has 5 heteroatoms. The summed E-state index contributed by atoms with van der Waals surface area (Å²) in [6, 6.07) is 4.20. The van der Waals surface area contributed by atoms with Crippen LogP contribution in [0.4, 0.5) is 0 Å². The van der Waals surface area contributed by atoms with Crippen LogP contribution in [-0.4, -0.2) is 39.9 Å².